The first kappa shape index (κ1) is 27.1. The minimum atomic E-state index is -0.819. The van der Waals surface area contributed by atoms with Crippen molar-refractivity contribution < 1.29 is 24.2 Å². The standard InChI is InChI=1S/C30H37NO5/c1-20(2)15-22-8-10-23(11-9-22)19-36-27-13-12-24(16-28(27)35-5)30(34)26-18-31(14-6-7-29(32)33)17-25(26)21(3)4/h8-13,16-18,20-21H,6-7,14-15,19H2,1-5H3,(H,32,33). The fraction of sp³-hybridized carbons (Fsp3) is 0.400. The van der Waals surface area contributed by atoms with E-state index in [9.17, 15) is 9.59 Å². The van der Waals surface area contributed by atoms with Gasteiger partial charge < -0.3 is 19.1 Å². The minimum absolute atomic E-state index is 0.0960. The number of benzene rings is 2. The smallest absolute Gasteiger partial charge is 0.303 e. The summed E-state index contributed by atoms with van der Waals surface area (Å²) in [5.74, 6) is 0.937. The van der Waals surface area contributed by atoms with Gasteiger partial charge in [-0.3, -0.25) is 9.59 Å². The van der Waals surface area contributed by atoms with Crippen molar-refractivity contribution in [3.05, 3.63) is 82.7 Å². The third kappa shape index (κ3) is 7.23. The van der Waals surface area contributed by atoms with E-state index in [1.54, 1.807) is 25.3 Å². The van der Waals surface area contributed by atoms with Crippen LogP contribution in [-0.2, 0) is 24.4 Å². The first-order valence-electron chi connectivity index (χ1n) is 12.5. The van der Waals surface area contributed by atoms with E-state index in [0.717, 1.165) is 17.5 Å². The molecular weight excluding hydrogens is 454 g/mol. The number of carbonyl (C=O) groups excluding carboxylic acids is 1. The number of aliphatic carboxylic acids is 1. The molecule has 0 radical (unpaired) electrons. The molecule has 0 aliphatic carbocycles. The van der Waals surface area contributed by atoms with Crippen LogP contribution in [0.15, 0.2) is 54.9 Å². The second-order valence-corrected chi connectivity index (χ2v) is 9.91. The van der Waals surface area contributed by atoms with Crippen molar-refractivity contribution in [3.63, 3.8) is 0 Å². The van der Waals surface area contributed by atoms with Gasteiger partial charge in [-0.15, -0.1) is 0 Å². The Bertz CT molecular complexity index is 1170. The van der Waals surface area contributed by atoms with Crippen molar-refractivity contribution in [1.82, 2.24) is 4.57 Å². The number of hydrogen-bond acceptors (Lipinski definition) is 4. The van der Waals surface area contributed by atoms with Crippen LogP contribution in [0.1, 0.15) is 79.1 Å². The number of carboxylic acids is 1. The third-order valence-electron chi connectivity index (χ3n) is 6.07. The number of methoxy groups -OCH3 is 1. The van der Waals surface area contributed by atoms with E-state index in [1.807, 2.05) is 30.8 Å². The lowest BCUT2D eigenvalue weighted by atomic mass is 9.96. The summed E-state index contributed by atoms with van der Waals surface area (Å²) in [5, 5.41) is 8.90. The van der Waals surface area contributed by atoms with Crippen molar-refractivity contribution in [3.8, 4) is 11.5 Å². The van der Waals surface area contributed by atoms with Gasteiger partial charge in [0.15, 0.2) is 17.3 Å². The summed E-state index contributed by atoms with van der Waals surface area (Å²) < 4.78 is 13.5. The van der Waals surface area contributed by atoms with Crippen molar-refractivity contribution in [2.45, 2.75) is 66.0 Å². The van der Waals surface area contributed by atoms with Crippen LogP contribution in [0.4, 0.5) is 0 Å². The zero-order valence-electron chi connectivity index (χ0n) is 21.9. The van der Waals surface area contributed by atoms with Crippen LogP contribution in [0.3, 0.4) is 0 Å². The Balaban J connectivity index is 1.74. The van der Waals surface area contributed by atoms with E-state index >= 15 is 0 Å². The van der Waals surface area contributed by atoms with Gasteiger partial charge in [0.1, 0.15) is 6.61 Å². The first-order chi connectivity index (χ1) is 17.2. The molecule has 1 heterocycles. The SMILES string of the molecule is COc1cc(C(=O)c2cn(CCCC(=O)O)cc2C(C)C)ccc1OCc1ccc(CC(C)C)cc1. The fourth-order valence-corrected chi connectivity index (χ4v) is 4.21. The van der Waals surface area contributed by atoms with Gasteiger partial charge in [0, 0.05) is 36.5 Å². The molecule has 1 N–H and O–H groups in total. The monoisotopic (exact) mass is 491 g/mol. The van der Waals surface area contributed by atoms with E-state index in [1.165, 1.54) is 5.56 Å². The largest absolute Gasteiger partial charge is 0.493 e. The summed E-state index contributed by atoms with van der Waals surface area (Å²) in [5.41, 5.74) is 4.46. The topological polar surface area (TPSA) is 77.8 Å². The number of carbonyl (C=O) groups is 2. The lowest BCUT2D eigenvalue weighted by Crippen LogP contribution is -2.06. The van der Waals surface area contributed by atoms with E-state index in [-0.39, 0.29) is 18.1 Å². The normalized spacial score (nSPS) is 11.2. The first-order valence-corrected chi connectivity index (χ1v) is 12.5. The van der Waals surface area contributed by atoms with E-state index in [2.05, 4.69) is 38.1 Å². The fourth-order valence-electron chi connectivity index (χ4n) is 4.21. The van der Waals surface area contributed by atoms with Gasteiger partial charge in [-0.1, -0.05) is 52.0 Å². The van der Waals surface area contributed by atoms with Gasteiger partial charge in [0.05, 0.1) is 7.11 Å². The van der Waals surface area contributed by atoms with Gasteiger partial charge in [0.25, 0.3) is 0 Å². The average Bonchev–Trinajstić information content (AvgIpc) is 3.27. The molecule has 0 amide bonds. The van der Waals surface area contributed by atoms with Gasteiger partial charge in [-0.2, -0.15) is 0 Å². The molecule has 2 aromatic carbocycles. The number of rotatable bonds is 13. The number of ketones is 1. The number of carboxylic acid groups (broad SMARTS) is 1. The van der Waals surface area contributed by atoms with Crippen LogP contribution in [0, 0.1) is 5.92 Å². The lowest BCUT2D eigenvalue weighted by Gasteiger charge is -2.13. The molecule has 36 heavy (non-hydrogen) atoms. The molecule has 192 valence electrons. The van der Waals surface area contributed by atoms with Gasteiger partial charge in [0.2, 0.25) is 0 Å². The number of aryl methyl sites for hydroxylation is 1. The zero-order valence-corrected chi connectivity index (χ0v) is 21.9. The molecule has 0 saturated heterocycles. The Labute approximate surface area is 213 Å². The van der Waals surface area contributed by atoms with Crippen LogP contribution in [0.2, 0.25) is 0 Å². The summed E-state index contributed by atoms with van der Waals surface area (Å²) in [6, 6.07) is 13.7. The maximum atomic E-state index is 13.4. The van der Waals surface area contributed by atoms with E-state index in [4.69, 9.17) is 14.6 Å². The van der Waals surface area contributed by atoms with E-state index < -0.39 is 5.97 Å². The Kier molecular flexibility index (Phi) is 9.34. The minimum Gasteiger partial charge on any atom is -0.493 e. The van der Waals surface area contributed by atoms with Crippen LogP contribution in [0.5, 0.6) is 11.5 Å². The van der Waals surface area contributed by atoms with Crippen molar-refractivity contribution >= 4 is 11.8 Å². The molecule has 0 spiro atoms. The molecule has 0 fully saturated rings. The number of ether oxygens (including phenoxy) is 2. The number of aromatic nitrogens is 1. The molecule has 0 aliphatic heterocycles. The average molecular weight is 492 g/mol. The van der Waals surface area contributed by atoms with Crippen LogP contribution >= 0.6 is 0 Å². The Morgan fingerprint density at radius 3 is 2.25 bits per heavy atom. The predicted octanol–water partition coefficient (Wildman–Crippen LogP) is 6.49. The Hall–Kier alpha value is -3.54. The number of nitrogens with zero attached hydrogens (tertiary/aromatic N) is 1. The second kappa shape index (κ2) is 12.4. The highest BCUT2D eigenvalue weighted by atomic mass is 16.5. The third-order valence-corrected chi connectivity index (χ3v) is 6.07. The molecule has 6 nitrogen and oxygen atoms in total. The maximum Gasteiger partial charge on any atom is 0.303 e. The lowest BCUT2D eigenvalue weighted by molar-refractivity contribution is -0.137. The predicted molar refractivity (Wildman–Crippen MR) is 141 cm³/mol. The van der Waals surface area contributed by atoms with Gasteiger partial charge >= 0.3 is 5.97 Å². The summed E-state index contributed by atoms with van der Waals surface area (Å²) in [6.07, 6.45) is 5.42. The van der Waals surface area contributed by atoms with Crippen LogP contribution < -0.4 is 9.47 Å². The summed E-state index contributed by atoms with van der Waals surface area (Å²) in [7, 11) is 1.57. The molecule has 0 bridgehead atoms. The van der Waals surface area contributed by atoms with E-state index in [0.29, 0.717) is 48.1 Å². The summed E-state index contributed by atoms with van der Waals surface area (Å²) in [4.78, 5) is 24.3. The van der Waals surface area contributed by atoms with Gasteiger partial charge in [-0.05, 0) is 59.6 Å². The second-order valence-electron chi connectivity index (χ2n) is 9.91. The van der Waals surface area contributed by atoms with Crippen molar-refractivity contribution in [2.24, 2.45) is 5.92 Å². The highest BCUT2D eigenvalue weighted by molar-refractivity contribution is 6.10. The number of hydrogen-bond donors (Lipinski definition) is 1. The molecule has 1 aromatic heterocycles. The molecule has 6 heteroatoms. The molecule has 0 atom stereocenters. The molecular formula is C30H37NO5. The van der Waals surface area contributed by atoms with Crippen molar-refractivity contribution in [1.29, 1.82) is 0 Å². The van der Waals surface area contributed by atoms with Gasteiger partial charge in [-0.25, -0.2) is 0 Å². The Morgan fingerprint density at radius 1 is 0.944 bits per heavy atom. The summed E-state index contributed by atoms with van der Waals surface area (Å²) in [6.45, 7) is 9.45. The molecule has 3 aromatic rings. The molecule has 3 rings (SSSR count). The highest BCUT2D eigenvalue weighted by Gasteiger charge is 2.20. The van der Waals surface area contributed by atoms with Crippen LogP contribution in [0.25, 0.3) is 0 Å². The highest BCUT2D eigenvalue weighted by Crippen LogP contribution is 2.31. The summed E-state index contributed by atoms with van der Waals surface area (Å²) >= 11 is 0. The molecule has 0 saturated carbocycles. The Morgan fingerprint density at radius 2 is 1.64 bits per heavy atom. The zero-order chi connectivity index (χ0) is 26.2. The quantitative estimate of drug-likeness (QED) is 0.276. The van der Waals surface area contributed by atoms with Crippen LogP contribution in [-0.4, -0.2) is 28.5 Å². The maximum absolute atomic E-state index is 13.4. The molecule has 0 unspecified atom stereocenters. The molecule has 0 aliphatic rings. The van der Waals surface area contributed by atoms with Crippen molar-refractivity contribution in [2.75, 3.05) is 7.11 Å².